The predicted octanol–water partition coefficient (Wildman–Crippen LogP) is 0.375. The zero-order valence-electron chi connectivity index (χ0n) is 11.1. The average Bonchev–Trinajstić information content (AvgIpc) is 2.81. The van der Waals surface area contributed by atoms with E-state index in [-0.39, 0.29) is 18.3 Å². The van der Waals surface area contributed by atoms with Crippen LogP contribution in [0.4, 0.5) is 0 Å². The fourth-order valence-corrected chi connectivity index (χ4v) is 2.78. The minimum atomic E-state index is -0.978. The summed E-state index contributed by atoms with van der Waals surface area (Å²) in [7, 11) is 0. The molecule has 0 unspecified atom stereocenters. The zero-order valence-corrected chi connectivity index (χ0v) is 11.1. The van der Waals surface area contributed by atoms with Gasteiger partial charge in [0, 0.05) is 0 Å². The van der Waals surface area contributed by atoms with Crippen LogP contribution in [0.25, 0.3) is 0 Å². The van der Waals surface area contributed by atoms with Gasteiger partial charge in [-0.05, 0) is 27.7 Å². The SMILES string of the molecule is CC1(C)O[C@H]2[C@H](O1)[C@H](O)O[C@@H]2[C@@H]1COC(C)(C)O1. The van der Waals surface area contributed by atoms with Crippen LogP contribution in [0.5, 0.6) is 0 Å². The van der Waals surface area contributed by atoms with Crippen LogP contribution in [-0.4, -0.2) is 54.0 Å². The summed E-state index contributed by atoms with van der Waals surface area (Å²) in [5.41, 5.74) is 0. The van der Waals surface area contributed by atoms with Crippen LogP contribution >= 0.6 is 0 Å². The second kappa shape index (κ2) is 3.88. The Morgan fingerprint density at radius 1 is 0.889 bits per heavy atom. The molecule has 3 heterocycles. The van der Waals surface area contributed by atoms with Crippen LogP contribution in [0, 0.1) is 0 Å². The molecule has 0 amide bonds. The summed E-state index contributed by atoms with van der Waals surface area (Å²) in [6.07, 6.45) is -2.38. The Morgan fingerprint density at radius 2 is 1.56 bits per heavy atom. The molecule has 3 aliphatic heterocycles. The molecule has 3 aliphatic rings. The summed E-state index contributed by atoms with van der Waals surface area (Å²) >= 11 is 0. The quantitative estimate of drug-likeness (QED) is 0.735. The fourth-order valence-electron chi connectivity index (χ4n) is 2.78. The molecular weight excluding hydrogens is 240 g/mol. The smallest absolute Gasteiger partial charge is 0.184 e. The number of hydrogen-bond donors (Lipinski definition) is 1. The van der Waals surface area contributed by atoms with Crippen LogP contribution in [0.1, 0.15) is 27.7 Å². The highest BCUT2D eigenvalue weighted by Gasteiger charge is 2.58. The molecule has 1 N–H and O–H groups in total. The Morgan fingerprint density at radius 3 is 2.17 bits per heavy atom. The highest BCUT2D eigenvalue weighted by Crippen LogP contribution is 2.41. The lowest BCUT2D eigenvalue weighted by Gasteiger charge is -2.26. The summed E-state index contributed by atoms with van der Waals surface area (Å²) in [6.45, 7) is 7.78. The monoisotopic (exact) mass is 260 g/mol. The summed E-state index contributed by atoms with van der Waals surface area (Å²) in [5.74, 6) is -1.32. The number of rotatable bonds is 1. The van der Waals surface area contributed by atoms with Gasteiger partial charge in [-0.3, -0.25) is 0 Å². The van der Waals surface area contributed by atoms with Gasteiger partial charge in [-0.25, -0.2) is 0 Å². The molecule has 18 heavy (non-hydrogen) atoms. The van der Waals surface area contributed by atoms with Crippen LogP contribution in [0.2, 0.25) is 0 Å². The molecule has 5 atom stereocenters. The molecule has 0 aromatic heterocycles. The molecule has 3 saturated heterocycles. The Kier molecular flexibility index (Phi) is 2.75. The summed E-state index contributed by atoms with van der Waals surface area (Å²) in [5, 5.41) is 9.87. The van der Waals surface area contributed by atoms with Crippen LogP contribution < -0.4 is 0 Å². The van der Waals surface area contributed by atoms with Gasteiger partial charge in [0.2, 0.25) is 0 Å². The Hall–Kier alpha value is -0.240. The van der Waals surface area contributed by atoms with Crippen molar-refractivity contribution in [3.63, 3.8) is 0 Å². The molecule has 0 bridgehead atoms. The number of ether oxygens (including phenoxy) is 5. The Labute approximate surface area is 106 Å². The van der Waals surface area contributed by atoms with E-state index in [1.165, 1.54) is 0 Å². The van der Waals surface area contributed by atoms with Gasteiger partial charge >= 0.3 is 0 Å². The van der Waals surface area contributed by atoms with E-state index in [9.17, 15) is 5.11 Å². The third-order valence-corrected chi connectivity index (χ3v) is 3.46. The van der Waals surface area contributed by atoms with Crippen molar-refractivity contribution in [3.8, 4) is 0 Å². The lowest BCUT2D eigenvalue weighted by Crippen LogP contribution is -2.40. The van der Waals surface area contributed by atoms with Gasteiger partial charge in [0.15, 0.2) is 17.9 Å². The first-order chi connectivity index (χ1) is 8.27. The molecule has 0 saturated carbocycles. The largest absolute Gasteiger partial charge is 0.366 e. The van der Waals surface area contributed by atoms with Crippen molar-refractivity contribution >= 4 is 0 Å². The first kappa shape index (κ1) is 12.8. The van der Waals surface area contributed by atoms with E-state index >= 15 is 0 Å². The zero-order chi connectivity index (χ0) is 13.1. The number of fused-ring (bicyclic) bond motifs is 1. The van der Waals surface area contributed by atoms with Crippen molar-refractivity contribution in [1.82, 2.24) is 0 Å². The second-order valence-electron chi connectivity index (χ2n) is 5.92. The van der Waals surface area contributed by atoms with E-state index in [2.05, 4.69) is 0 Å². The molecule has 3 rings (SSSR count). The maximum absolute atomic E-state index is 9.87. The van der Waals surface area contributed by atoms with E-state index in [0.717, 1.165) is 0 Å². The van der Waals surface area contributed by atoms with E-state index in [0.29, 0.717) is 6.61 Å². The third-order valence-electron chi connectivity index (χ3n) is 3.46. The molecular formula is C12H20O6. The number of aliphatic hydroxyl groups is 1. The molecule has 3 fully saturated rings. The van der Waals surface area contributed by atoms with Gasteiger partial charge in [-0.2, -0.15) is 0 Å². The minimum absolute atomic E-state index is 0.248. The van der Waals surface area contributed by atoms with E-state index in [1.54, 1.807) is 0 Å². The molecule has 0 aromatic rings. The molecule has 104 valence electrons. The van der Waals surface area contributed by atoms with E-state index in [1.807, 2.05) is 27.7 Å². The van der Waals surface area contributed by atoms with Crippen molar-refractivity contribution in [2.75, 3.05) is 6.61 Å². The second-order valence-corrected chi connectivity index (χ2v) is 5.92. The normalized spacial score (nSPS) is 49.5. The van der Waals surface area contributed by atoms with Gasteiger partial charge < -0.3 is 28.8 Å². The molecule has 6 heteroatoms. The maximum atomic E-state index is 9.87. The van der Waals surface area contributed by atoms with Crippen LogP contribution in [0.15, 0.2) is 0 Å². The van der Waals surface area contributed by atoms with Crippen LogP contribution in [0.3, 0.4) is 0 Å². The molecule has 0 radical (unpaired) electrons. The topological polar surface area (TPSA) is 66.4 Å². The number of aliphatic hydroxyl groups excluding tert-OH is 1. The lowest BCUT2D eigenvalue weighted by molar-refractivity contribution is -0.236. The third kappa shape index (κ3) is 2.07. The lowest BCUT2D eigenvalue weighted by atomic mass is 10.1. The summed E-state index contributed by atoms with van der Waals surface area (Å²) in [4.78, 5) is 0. The number of hydrogen-bond acceptors (Lipinski definition) is 6. The molecule has 0 aromatic carbocycles. The van der Waals surface area contributed by atoms with Crippen molar-refractivity contribution in [2.45, 2.75) is 70.0 Å². The maximum Gasteiger partial charge on any atom is 0.184 e. The van der Waals surface area contributed by atoms with Crippen molar-refractivity contribution in [2.24, 2.45) is 0 Å². The standard InChI is InChI=1S/C12H20O6/c1-11(2)14-5-6(16-11)7-8-9(10(13)15-7)18-12(3,4)17-8/h6-10,13H,5H2,1-4H3/t6-,7+,8+,9-,10+/m0/s1. The van der Waals surface area contributed by atoms with Gasteiger partial charge in [0.1, 0.15) is 24.4 Å². The van der Waals surface area contributed by atoms with E-state index in [4.69, 9.17) is 23.7 Å². The van der Waals surface area contributed by atoms with Crippen molar-refractivity contribution < 1.29 is 28.8 Å². The average molecular weight is 260 g/mol. The fraction of sp³-hybridized carbons (Fsp3) is 1.00. The molecule has 0 aliphatic carbocycles. The Bertz CT molecular complexity index is 341. The highest BCUT2D eigenvalue weighted by atomic mass is 16.8. The van der Waals surface area contributed by atoms with Crippen molar-refractivity contribution in [3.05, 3.63) is 0 Å². The van der Waals surface area contributed by atoms with Crippen LogP contribution in [-0.2, 0) is 23.7 Å². The first-order valence-electron chi connectivity index (χ1n) is 6.28. The summed E-state index contributed by atoms with van der Waals surface area (Å²) in [6, 6.07) is 0. The van der Waals surface area contributed by atoms with E-state index < -0.39 is 24.0 Å². The Balaban J connectivity index is 1.75. The van der Waals surface area contributed by atoms with Gasteiger partial charge in [-0.15, -0.1) is 0 Å². The van der Waals surface area contributed by atoms with Gasteiger partial charge in [0.05, 0.1) is 6.61 Å². The molecule has 6 nitrogen and oxygen atoms in total. The molecule has 0 spiro atoms. The minimum Gasteiger partial charge on any atom is -0.366 e. The van der Waals surface area contributed by atoms with Gasteiger partial charge in [-0.1, -0.05) is 0 Å². The first-order valence-corrected chi connectivity index (χ1v) is 6.28. The summed E-state index contributed by atoms with van der Waals surface area (Å²) < 4.78 is 28.2. The predicted molar refractivity (Wildman–Crippen MR) is 59.6 cm³/mol. The highest BCUT2D eigenvalue weighted by molar-refractivity contribution is 4.99. The van der Waals surface area contributed by atoms with Crippen molar-refractivity contribution in [1.29, 1.82) is 0 Å². The van der Waals surface area contributed by atoms with Gasteiger partial charge in [0.25, 0.3) is 0 Å².